The smallest absolute Gasteiger partial charge is 0.134 e. The van der Waals surface area contributed by atoms with Crippen LogP contribution in [0.25, 0.3) is 0 Å². The van der Waals surface area contributed by atoms with Crippen molar-refractivity contribution in [3.05, 3.63) is 48.0 Å². The second-order valence-electron chi connectivity index (χ2n) is 5.31. The van der Waals surface area contributed by atoms with Gasteiger partial charge in [0.05, 0.1) is 19.3 Å². The molecule has 1 aromatic carbocycles. The molecule has 1 saturated heterocycles. The highest BCUT2D eigenvalue weighted by atomic mass is 19.1. The number of nitrogens with one attached hydrogen (secondary N) is 1. The Balaban J connectivity index is 1.61. The Labute approximate surface area is 133 Å². The third kappa shape index (κ3) is 4.14. The quantitative estimate of drug-likeness (QED) is 0.872. The van der Waals surface area contributed by atoms with Crippen LogP contribution >= 0.6 is 0 Å². The summed E-state index contributed by atoms with van der Waals surface area (Å²) < 4.78 is 18.5. The molecule has 1 aliphatic rings. The van der Waals surface area contributed by atoms with Crippen molar-refractivity contribution in [1.29, 1.82) is 0 Å². The molecular weight excluding hydrogens is 299 g/mol. The lowest BCUT2D eigenvalue weighted by Gasteiger charge is -2.27. The summed E-state index contributed by atoms with van der Waals surface area (Å²) in [5.41, 5.74) is 0.528. The number of benzene rings is 1. The molecule has 2 aromatic rings. The molecule has 2 heterocycles. The second kappa shape index (κ2) is 7.34. The number of aliphatic hydroxyl groups is 1. The van der Waals surface area contributed by atoms with Gasteiger partial charge in [0, 0.05) is 25.7 Å². The largest absolute Gasteiger partial charge is 0.387 e. The van der Waals surface area contributed by atoms with E-state index >= 15 is 0 Å². The zero-order valence-corrected chi connectivity index (χ0v) is 12.7. The summed E-state index contributed by atoms with van der Waals surface area (Å²) in [6.07, 6.45) is 0.675. The molecule has 3 rings (SSSR count). The summed E-state index contributed by atoms with van der Waals surface area (Å²) in [6, 6.07) is 7.78. The maximum Gasteiger partial charge on any atom is 0.134 e. The topological polar surface area (TPSA) is 70.5 Å². The number of aliphatic hydroxyl groups excluding tert-OH is 1. The first kappa shape index (κ1) is 15.6. The molecule has 1 aliphatic heterocycles. The van der Waals surface area contributed by atoms with Crippen LogP contribution in [0, 0.1) is 5.82 Å². The molecule has 23 heavy (non-hydrogen) atoms. The molecule has 0 spiro atoms. The van der Waals surface area contributed by atoms with Gasteiger partial charge in [-0.3, -0.25) is 0 Å². The highest BCUT2D eigenvalue weighted by Gasteiger charge is 2.14. The summed E-state index contributed by atoms with van der Waals surface area (Å²) in [6.45, 7) is 3.20. The lowest BCUT2D eigenvalue weighted by Crippen LogP contribution is -2.36. The number of nitrogens with zero attached hydrogens (tertiary/aromatic N) is 3. The number of rotatable bonds is 5. The van der Waals surface area contributed by atoms with E-state index in [0.29, 0.717) is 24.6 Å². The van der Waals surface area contributed by atoms with Crippen LogP contribution in [0.2, 0.25) is 0 Å². The van der Waals surface area contributed by atoms with Gasteiger partial charge in [0.15, 0.2) is 0 Å². The average Bonchev–Trinajstić information content (AvgIpc) is 2.61. The first-order valence-corrected chi connectivity index (χ1v) is 7.54. The fraction of sp³-hybridized carbons (Fsp3) is 0.375. The Morgan fingerprint density at radius 1 is 1.26 bits per heavy atom. The van der Waals surface area contributed by atoms with Gasteiger partial charge in [0.2, 0.25) is 0 Å². The number of ether oxygens (including phenoxy) is 1. The van der Waals surface area contributed by atoms with Gasteiger partial charge in [-0.25, -0.2) is 14.4 Å². The van der Waals surface area contributed by atoms with E-state index in [1.165, 1.54) is 18.5 Å². The van der Waals surface area contributed by atoms with Crippen LogP contribution in [-0.4, -0.2) is 47.9 Å². The number of aromatic nitrogens is 2. The van der Waals surface area contributed by atoms with Crippen LogP contribution < -0.4 is 10.2 Å². The average molecular weight is 318 g/mol. The molecule has 0 bridgehead atoms. The number of morpholine rings is 1. The minimum absolute atomic E-state index is 0.239. The van der Waals surface area contributed by atoms with Crippen LogP contribution in [0.5, 0.6) is 0 Å². The van der Waals surface area contributed by atoms with Crippen molar-refractivity contribution in [2.75, 3.05) is 43.1 Å². The van der Waals surface area contributed by atoms with Gasteiger partial charge < -0.3 is 20.1 Å². The lowest BCUT2D eigenvalue weighted by atomic mass is 10.1. The maximum absolute atomic E-state index is 13.2. The van der Waals surface area contributed by atoms with Crippen LogP contribution in [0.3, 0.4) is 0 Å². The van der Waals surface area contributed by atoms with Crippen molar-refractivity contribution in [1.82, 2.24) is 9.97 Å². The van der Waals surface area contributed by atoms with E-state index in [-0.39, 0.29) is 12.4 Å². The van der Waals surface area contributed by atoms with Crippen molar-refractivity contribution in [2.45, 2.75) is 6.10 Å². The normalized spacial score (nSPS) is 16.2. The van der Waals surface area contributed by atoms with E-state index in [1.807, 2.05) is 6.07 Å². The molecule has 1 atom stereocenters. The second-order valence-corrected chi connectivity index (χ2v) is 5.31. The molecule has 0 radical (unpaired) electrons. The summed E-state index contributed by atoms with van der Waals surface area (Å²) in [5.74, 6) is 1.08. The molecule has 1 unspecified atom stereocenters. The summed E-state index contributed by atoms with van der Waals surface area (Å²) in [4.78, 5) is 10.5. The van der Waals surface area contributed by atoms with Gasteiger partial charge in [-0.05, 0) is 17.7 Å². The molecule has 0 saturated carbocycles. The summed E-state index contributed by atoms with van der Waals surface area (Å²) in [7, 11) is 0. The molecule has 0 amide bonds. The van der Waals surface area contributed by atoms with E-state index < -0.39 is 6.10 Å². The number of hydrogen-bond acceptors (Lipinski definition) is 6. The zero-order chi connectivity index (χ0) is 16.1. The standard InChI is InChI=1S/C16H19FN4O2/c17-13-3-1-2-12(8-13)14(22)10-18-15-9-16(20-11-19-15)21-4-6-23-7-5-21/h1-3,8-9,11,14,22H,4-7,10H2,(H,18,19,20). The third-order valence-electron chi connectivity index (χ3n) is 3.70. The highest BCUT2D eigenvalue weighted by molar-refractivity contribution is 5.48. The Morgan fingerprint density at radius 2 is 2.09 bits per heavy atom. The van der Waals surface area contributed by atoms with E-state index in [2.05, 4.69) is 20.2 Å². The van der Waals surface area contributed by atoms with Gasteiger partial charge in [-0.15, -0.1) is 0 Å². The Morgan fingerprint density at radius 3 is 2.87 bits per heavy atom. The van der Waals surface area contributed by atoms with Crippen LogP contribution in [-0.2, 0) is 4.74 Å². The monoisotopic (exact) mass is 318 g/mol. The van der Waals surface area contributed by atoms with Gasteiger partial charge in [0.25, 0.3) is 0 Å². The first-order valence-electron chi connectivity index (χ1n) is 7.54. The molecule has 2 N–H and O–H groups in total. The predicted octanol–water partition coefficient (Wildman–Crippen LogP) is 1.60. The fourth-order valence-electron chi connectivity index (χ4n) is 2.44. The number of halogens is 1. The minimum atomic E-state index is -0.812. The summed E-state index contributed by atoms with van der Waals surface area (Å²) >= 11 is 0. The van der Waals surface area contributed by atoms with Crippen LogP contribution in [0.4, 0.5) is 16.0 Å². The Bertz CT molecular complexity index is 649. The Kier molecular flexibility index (Phi) is 4.99. The van der Waals surface area contributed by atoms with Gasteiger partial charge in [-0.2, -0.15) is 0 Å². The van der Waals surface area contributed by atoms with Crippen LogP contribution in [0.1, 0.15) is 11.7 Å². The van der Waals surface area contributed by atoms with Gasteiger partial charge in [0.1, 0.15) is 23.8 Å². The van der Waals surface area contributed by atoms with Crippen molar-refractivity contribution in [3.8, 4) is 0 Å². The minimum Gasteiger partial charge on any atom is -0.387 e. The summed E-state index contributed by atoms with van der Waals surface area (Å²) in [5, 5.41) is 13.2. The molecule has 1 fully saturated rings. The molecule has 1 aromatic heterocycles. The molecule has 7 heteroatoms. The predicted molar refractivity (Wildman–Crippen MR) is 84.9 cm³/mol. The van der Waals surface area contributed by atoms with Crippen molar-refractivity contribution >= 4 is 11.6 Å². The van der Waals surface area contributed by atoms with Crippen molar-refractivity contribution < 1.29 is 14.2 Å². The fourth-order valence-corrected chi connectivity index (χ4v) is 2.44. The van der Waals surface area contributed by atoms with E-state index in [4.69, 9.17) is 4.74 Å². The van der Waals surface area contributed by atoms with Crippen molar-refractivity contribution in [3.63, 3.8) is 0 Å². The SMILES string of the molecule is OC(CNc1cc(N2CCOCC2)ncn1)c1cccc(F)c1. The third-order valence-corrected chi connectivity index (χ3v) is 3.70. The Hall–Kier alpha value is -2.25. The molecule has 0 aliphatic carbocycles. The van der Waals surface area contributed by atoms with E-state index in [0.717, 1.165) is 18.9 Å². The molecular formula is C16H19FN4O2. The zero-order valence-electron chi connectivity index (χ0n) is 12.7. The molecule has 6 nitrogen and oxygen atoms in total. The van der Waals surface area contributed by atoms with E-state index in [9.17, 15) is 9.50 Å². The molecule has 122 valence electrons. The highest BCUT2D eigenvalue weighted by Crippen LogP contribution is 2.18. The van der Waals surface area contributed by atoms with E-state index in [1.54, 1.807) is 12.1 Å². The van der Waals surface area contributed by atoms with Gasteiger partial charge in [-0.1, -0.05) is 12.1 Å². The van der Waals surface area contributed by atoms with Gasteiger partial charge >= 0.3 is 0 Å². The first-order chi connectivity index (χ1) is 11.2. The maximum atomic E-state index is 13.2. The lowest BCUT2D eigenvalue weighted by molar-refractivity contribution is 0.122. The number of hydrogen-bond donors (Lipinski definition) is 2. The number of anilines is 2. The van der Waals surface area contributed by atoms with Crippen LogP contribution in [0.15, 0.2) is 36.7 Å². The van der Waals surface area contributed by atoms with Crippen molar-refractivity contribution in [2.24, 2.45) is 0 Å².